The van der Waals surface area contributed by atoms with Crippen molar-refractivity contribution < 1.29 is 13.2 Å². The molecule has 3 fully saturated rings. The summed E-state index contributed by atoms with van der Waals surface area (Å²) in [6.07, 6.45) is 5.65. The van der Waals surface area contributed by atoms with Crippen LogP contribution >= 0.6 is 0 Å². The quantitative estimate of drug-likeness (QED) is 0.856. The van der Waals surface area contributed by atoms with Gasteiger partial charge < -0.3 is 4.74 Å². The molecule has 20 heavy (non-hydrogen) atoms. The number of nitrogens with zero attached hydrogens (tertiary/aromatic N) is 1. The van der Waals surface area contributed by atoms with Crippen molar-refractivity contribution >= 4 is 10.2 Å². The molecule has 1 spiro atoms. The lowest BCUT2D eigenvalue weighted by molar-refractivity contribution is -0.120. The molecule has 1 unspecified atom stereocenters. The first-order valence-electron chi connectivity index (χ1n) is 7.81. The van der Waals surface area contributed by atoms with Gasteiger partial charge in [0.1, 0.15) is 0 Å². The molecule has 1 saturated carbocycles. The van der Waals surface area contributed by atoms with Crippen molar-refractivity contribution in [3.8, 4) is 0 Å². The number of hydrogen-bond donors (Lipinski definition) is 1. The first-order chi connectivity index (χ1) is 9.45. The van der Waals surface area contributed by atoms with Gasteiger partial charge in [0, 0.05) is 37.3 Å². The Kier molecular flexibility index (Phi) is 3.86. The zero-order chi connectivity index (χ0) is 14.4. The van der Waals surface area contributed by atoms with E-state index in [4.69, 9.17) is 4.74 Å². The molecule has 0 bridgehead atoms. The lowest BCUT2D eigenvalue weighted by atomic mass is 9.55. The highest BCUT2D eigenvalue weighted by molar-refractivity contribution is 7.87. The highest BCUT2D eigenvalue weighted by atomic mass is 32.2. The van der Waals surface area contributed by atoms with Crippen LogP contribution in [-0.4, -0.2) is 44.6 Å². The standard InChI is InChI=1S/C14H26N2O3S/c1-11(2)15-20(17,18)16-10-14(6-3-7-14)13(16)12-4-8-19-9-5-12/h11-13,15H,3-10H2,1-2H3. The minimum absolute atomic E-state index is 0.0479. The Bertz CT molecular complexity index is 453. The van der Waals surface area contributed by atoms with Crippen molar-refractivity contribution in [2.75, 3.05) is 19.8 Å². The van der Waals surface area contributed by atoms with Crippen molar-refractivity contribution in [2.24, 2.45) is 11.3 Å². The number of ether oxygens (including phenoxy) is 1. The van der Waals surface area contributed by atoms with Crippen LogP contribution in [0.5, 0.6) is 0 Å². The molecule has 2 saturated heterocycles. The van der Waals surface area contributed by atoms with Gasteiger partial charge in [-0.2, -0.15) is 17.4 Å². The van der Waals surface area contributed by atoms with Gasteiger partial charge in [-0.05, 0) is 45.4 Å². The van der Waals surface area contributed by atoms with Crippen molar-refractivity contribution in [3.63, 3.8) is 0 Å². The van der Waals surface area contributed by atoms with Crippen LogP contribution < -0.4 is 4.72 Å². The second-order valence-electron chi connectivity index (χ2n) is 6.93. The lowest BCUT2D eigenvalue weighted by Crippen LogP contribution is -2.73. The van der Waals surface area contributed by atoms with E-state index in [1.807, 2.05) is 13.8 Å². The summed E-state index contributed by atoms with van der Waals surface area (Å²) in [7, 11) is -3.33. The molecule has 1 N–H and O–H groups in total. The van der Waals surface area contributed by atoms with Crippen LogP contribution in [0, 0.1) is 11.3 Å². The van der Waals surface area contributed by atoms with Crippen molar-refractivity contribution in [3.05, 3.63) is 0 Å². The summed E-state index contributed by atoms with van der Waals surface area (Å²) in [5.41, 5.74) is 0.285. The molecule has 0 aromatic heterocycles. The minimum Gasteiger partial charge on any atom is -0.381 e. The van der Waals surface area contributed by atoms with Gasteiger partial charge in [0.2, 0.25) is 0 Å². The second kappa shape index (κ2) is 5.23. The molecule has 116 valence electrons. The molecule has 0 aromatic rings. The number of nitrogens with one attached hydrogen (secondary N) is 1. The largest absolute Gasteiger partial charge is 0.381 e. The third-order valence-electron chi connectivity index (χ3n) is 5.16. The number of rotatable bonds is 4. The Balaban J connectivity index is 1.77. The summed E-state index contributed by atoms with van der Waals surface area (Å²) in [6, 6.07) is 0.157. The van der Waals surface area contributed by atoms with Gasteiger partial charge in [0.25, 0.3) is 10.2 Å². The van der Waals surface area contributed by atoms with Gasteiger partial charge in [0.15, 0.2) is 0 Å². The maximum absolute atomic E-state index is 12.5. The van der Waals surface area contributed by atoms with Crippen LogP contribution in [0.2, 0.25) is 0 Å². The first kappa shape index (κ1) is 14.8. The molecule has 2 aliphatic heterocycles. The first-order valence-corrected chi connectivity index (χ1v) is 9.25. The van der Waals surface area contributed by atoms with E-state index >= 15 is 0 Å². The van der Waals surface area contributed by atoms with E-state index in [-0.39, 0.29) is 17.5 Å². The lowest BCUT2D eigenvalue weighted by Gasteiger charge is -2.64. The van der Waals surface area contributed by atoms with Gasteiger partial charge in [-0.3, -0.25) is 0 Å². The zero-order valence-corrected chi connectivity index (χ0v) is 13.3. The van der Waals surface area contributed by atoms with Crippen LogP contribution in [0.1, 0.15) is 46.0 Å². The molecule has 1 aliphatic carbocycles. The smallest absolute Gasteiger partial charge is 0.279 e. The van der Waals surface area contributed by atoms with Crippen molar-refractivity contribution in [1.29, 1.82) is 0 Å². The van der Waals surface area contributed by atoms with E-state index in [2.05, 4.69) is 4.72 Å². The average Bonchev–Trinajstić information content (AvgIpc) is 2.24. The predicted molar refractivity (Wildman–Crippen MR) is 77.5 cm³/mol. The highest BCUT2D eigenvalue weighted by Crippen LogP contribution is 2.57. The topological polar surface area (TPSA) is 58.6 Å². The van der Waals surface area contributed by atoms with Gasteiger partial charge in [-0.1, -0.05) is 6.42 Å². The van der Waals surface area contributed by atoms with Gasteiger partial charge in [-0.25, -0.2) is 0 Å². The normalized spacial score (nSPS) is 31.2. The molecule has 6 heteroatoms. The molecule has 5 nitrogen and oxygen atoms in total. The highest BCUT2D eigenvalue weighted by Gasteiger charge is 2.61. The molecular formula is C14H26N2O3S. The zero-order valence-electron chi connectivity index (χ0n) is 12.5. The van der Waals surface area contributed by atoms with Gasteiger partial charge >= 0.3 is 0 Å². The SMILES string of the molecule is CC(C)NS(=O)(=O)N1CC2(CCC2)C1C1CCOCC1. The van der Waals surface area contributed by atoms with Crippen LogP contribution in [0.4, 0.5) is 0 Å². The van der Waals surface area contributed by atoms with Crippen LogP contribution in [0.25, 0.3) is 0 Å². The van der Waals surface area contributed by atoms with E-state index in [9.17, 15) is 8.42 Å². The van der Waals surface area contributed by atoms with E-state index < -0.39 is 10.2 Å². The Morgan fingerprint density at radius 1 is 1.25 bits per heavy atom. The van der Waals surface area contributed by atoms with Crippen LogP contribution in [-0.2, 0) is 14.9 Å². The molecule has 3 aliphatic rings. The molecule has 0 aromatic carbocycles. The summed E-state index contributed by atoms with van der Waals surface area (Å²) >= 11 is 0. The van der Waals surface area contributed by atoms with E-state index in [0.29, 0.717) is 5.92 Å². The maximum atomic E-state index is 12.5. The van der Waals surface area contributed by atoms with Crippen LogP contribution in [0.15, 0.2) is 0 Å². The molecule has 0 radical (unpaired) electrons. The van der Waals surface area contributed by atoms with E-state index in [0.717, 1.165) is 32.6 Å². The summed E-state index contributed by atoms with van der Waals surface area (Å²) in [6.45, 7) is 6.03. The molecule has 3 rings (SSSR count). The Hall–Kier alpha value is -0.170. The number of hydrogen-bond acceptors (Lipinski definition) is 3. The summed E-state index contributed by atoms with van der Waals surface area (Å²) in [5, 5.41) is 0. The second-order valence-corrected chi connectivity index (χ2v) is 8.59. The fourth-order valence-corrected chi connectivity index (χ4v) is 6.00. The van der Waals surface area contributed by atoms with Crippen molar-refractivity contribution in [1.82, 2.24) is 9.03 Å². The fraction of sp³-hybridized carbons (Fsp3) is 1.00. The van der Waals surface area contributed by atoms with Crippen LogP contribution in [0.3, 0.4) is 0 Å². The fourth-order valence-electron chi connectivity index (χ4n) is 4.15. The van der Waals surface area contributed by atoms with E-state index in [1.165, 1.54) is 19.3 Å². The van der Waals surface area contributed by atoms with Gasteiger partial charge in [0.05, 0.1) is 0 Å². The third-order valence-corrected chi connectivity index (χ3v) is 6.91. The average molecular weight is 302 g/mol. The summed E-state index contributed by atoms with van der Waals surface area (Å²) in [5.74, 6) is 0.474. The predicted octanol–water partition coefficient (Wildman–Crippen LogP) is 1.51. The van der Waals surface area contributed by atoms with E-state index in [1.54, 1.807) is 4.31 Å². The monoisotopic (exact) mass is 302 g/mol. The molecule has 2 heterocycles. The van der Waals surface area contributed by atoms with Gasteiger partial charge in [-0.15, -0.1) is 0 Å². The molecular weight excluding hydrogens is 276 g/mol. The molecule has 1 atom stereocenters. The van der Waals surface area contributed by atoms with Crippen molar-refractivity contribution in [2.45, 2.75) is 58.0 Å². The third kappa shape index (κ3) is 2.40. The summed E-state index contributed by atoms with van der Waals surface area (Å²) < 4.78 is 34.9. The maximum Gasteiger partial charge on any atom is 0.279 e. The Morgan fingerprint density at radius 3 is 2.40 bits per heavy atom. The Labute approximate surface area is 122 Å². The minimum atomic E-state index is -3.33. The Morgan fingerprint density at radius 2 is 1.90 bits per heavy atom. The molecule has 0 amide bonds. The summed E-state index contributed by atoms with van der Waals surface area (Å²) in [4.78, 5) is 0.